The van der Waals surface area contributed by atoms with Crippen LogP contribution in [0.25, 0.3) is 0 Å². The summed E-state index contributed by atoms with van der Waals surface area (Å²) >= 11 is 0. The van der Waals surface area contributed by atoms with Gasteiger partial charge in [0, 0.05) is 5.41 Å². The molecule has 0 amide bonds. The van der Waals surface area contributed by atoms with E-state index in [1.54, 1.807) is 0 Å². The van der Waals surface area contributed by atoms with Crippen LogP contribution in [0.5, 0.6) is 0 Å². The molecule has 0 unspecified atom stereocenters. The number of nitrogens with zero attached hydrogens (tertiary/aromatic N) is 1. The summed E-state index contributed by atoms with van der Waals surface area (Å²) in [5.41, 5.74) is -0.116. The normalized spacial score (nSPS) is 17.1. The molecule has 0 aromatic heterocycles. The largest absolute Gasteiger partial charge is 0.478 e. The highest BCUT2D eigenvalue weighted by molar-refractivity contribution is 5.88. The number of esters is 1. The number of allylic oxidation sites excluding steroid dienone is 4. The van der Waals surface area contributed by atoms with E-state index in [-0.39, 0.29) is 11.4 Å². The molecule has 1 aliphatic rings. The number of carbonyl (C=O) groups excluding carboxylic acids is 1. The van der Waals surface area contributed by atoms with Gasteiger partial charge < -0.3 is 9.47 Å². The Kier molecular flexibility index (Phi) is 13.4. The third kappa shape index (κ3) is 11.3. The van der Waals surface area contributed by atoms with E-state index in [2.05, 4.69) is 50.1 Å². The summed E-state index contributed by atoms with van der Waals surface area (Å²) in [4.78, 5) is 16.0. The molecule has 4 nitrogen and oxygen atoms in total. The second-order valence-electron chi connectivity index (χ2n) is 8.65. The summed E-state index contributed by atoms with van der Waals surface area (Å²) in [5.74, 6) is 0.394. The Hall–Kier alpha value is -1.58. The summed E-state index contributed by atoms with van der Waals surface area (Å²) in [6, 6.07) is -0.487. The molecule has 0 spiro atoms. The summed E-state index contributed by atoms with van der Waals surface area (Å²) in [6.07, 6.45) is 24.0. The van der Waals surface area contributed by atoms with Crippen LogP contribution >= 0.6 is 0 Å². The molecule has 0 N–H and O–H groups in total. The van der Waals surface area contributed by atoms with E-state index in [1.807, 2.05) is 0 Å². The van der Waals surface area contributed by atoms with Crippen molar-refractivity contribution in [3.8, 4) is 0 Å². The molecule has 0 aromatic carbocycles. The van der Waals surface area contributed by atoms with Crippen LogP contribution in [0.3, 0.4) is 0 Å². The SMILES string of the molecule is CCCCC/C=C\C/C=C\CCCCCCCC(C)(C)C1=N[C@H](C(=O)OC)CO1. The van der Waals surface area contributed by atoms with E-state index in [0.717, 1.165) is 19.3 Å². The Balaban J connectivity index is 2.04. The van der Waals surface area contributed by atoms with Gasteiger partial charge in [-0.1, -0.05) is 83.6 Å². The molecule has 166 valence electrons. The third-order valence-corrected chi connectivity index (χ3v) is 5.46. The summed E-state index contributed by atoms with van der Waals surface area (Å²) < 4.78 is 10.4. The molecule has 0 radical (unpaired) electrons. The van der Waals surface area contributed by atoms with Gasteiger partial charge in [-0.05, 0) is 38.5 Å². The van der Waals surface area contributed by atoms with Crippen LogP contribution in [0, 0.1) is 5.41 Å². The molecule has 1 rings (SSSR count). The molecule has 1 aliphatic heterocycles. The number of rotatable bonds is 16. The Morgan fingerprint density at radius 3 is 2.31 bits per heavy atom. The highest BCUT2D eigenvalue weighted by atomic mass is 16.5. The number of unbranched alkanes of at least 4 members (excludes halogenated alkanes) is 8. The Bertz CT molecular complexity index is 534. The molecule has 0 aliphatic carbocycles. The number of aliphatic imine (C=N–C) groups is 1. The lowest BCUT2D eigenvalue weighted by atomic mass is 9.86. The van der Waals surface area contributed by atoms with E-state index in [1.165, 1.54) is 64.9 Å². The van der Waals surface area contributed by atoms with Crippen molar-refractivity contribution in [2.24, 2.45) is 10.4 Å². The molecule has 0 fully saturated rings. The van der Waals surface area contributed by atoms with Gasteiger partial charge in [-0.15, -0.1) is 0 Å². The fourth-order valence-electron chi connectivity index (χ4n) is 3.49. The average molecular weight is 406 g/mol. The van der Waals surface area contributed by atoms with Crippen LogP contribution < -0.4 is 0 Å². The quantitative estimate of drug-likeness (QED) is 0.161. The molecule has 0 aromatic rings. The minimum Gasteiger partial charge on any atom is -0.478 e. The zero-order valence-electron chi connectivity index (χ0n) is 19.3. The van der Waals surface area contributed by atoms with E-state index in [0.29, 0.717) is 12.5 Å². The van der Waals surface area contributed by atoms with Crippen LogP contribution in [0.2, 0.25) is 0 Å². The van der Waals surface area contributed by atoms with Gasteiger partial charge in [-0.2, -0.15) is 0 Å². The van der Waals surface area contributed by atoms with Crippen molar-refractivity contribution in [1.29, 1.82) is 0 Å². The first-order valence-corrected chi connectivity index (χ1v) is 11.6. The minimum absolute atomic E-state index is 0.116. The van der Waals surface area contributed by atoms with E-state index in [4.69, 9.17) is 9.47 Å². The number of methoxy groups -OCH3 is 1. The lowest BCUT2D eigenvalue weighted by Gasteiger charge is -2.23. The van der Waals surface area contributed by atoms with Gasteiger partial charge in [0.15, 0.2) is 11.9 Å². The molecule has 1 atom stereocenters. The zero-order chi connectivity index (χ0) is 21.4. The molecule has 29 heavy (non-hydrogen) atoms. The highest BCUT2D eigenvalue weighted by Gasteiger charge is 2.35. The van der Waals surface area contributed by atoms with Crippen molar-refractivity contribution in [3.05, 3.63) is 24.3 Å². The number of carbonyl (C=O) groups is 1. The monoisotopic (exact) mass is 405 g/mol. The second kappa shape index (κ2) is 15.3. The first-order valence-electron chi connectivity index (χ1n) is 11.6. The van der Waals surface area contributed by atoms with Gasteiger partial charge in [-0.25, -0.2) is 9.79 Å². The molecule has 0 bridgehead atoms. The molecular weight excluding hydrogens is 362 g/mol. The van der Waals surface area contributed by atoms with Crippen LogP contribution in [-0.4, -0.2) is 31.6 Å². The summed E-state index contributed by atoms with van der Waals surface area (Å²) in [5, 5.41) is 0. The lowest BCUT2D eigenvalue weighted by molar-refractivity contribution is -0.142. The predicted molar refractivity (Wildman–Crippen MR) is 122 cm³/mol. The van der Waals surface area contributed by atoms with Gasteiger partial charge in [0.25, 0.3) is 0 Å². The zero-order valence-corrected chi connectivity index (χ0v) is 19.3. The van der Waals surface area contributed by atoms with Gasteiger partial charge in [0.05, 0.1) is 7.11 Å². The molecule has 4 heteroatoms. The van der Waals surface area contributed by atoms with Gasteiger partial charge >= 0.3 is 5.97 Å². The standard InChI is InChI=1S/C25H43NO3/c1-5-6-7-8-9-10-11-12-13-14-15-16-17-18-19-20-25(2,3)24-26-22(21-29-24)23(27)28-4/h9-10,12-13,22H,5-8,11,14-21H2,1-4H3/b10-9-,13-12-/t22-/m0/s1. The minimum atomic E-state index is -0.487. The maximum absolute atomic E-state index is 11.6. The van der Waals surface area contributed by atoms with Crippen LogP contribution in [-0.2, 0) is 14.3 Å². The first-order chi connectivity index (χ1) is 14.0. The van der Waals surface area contributed by atoms with E-state index in [9.17, 15) is 4.79 Å². The van der Waals surface area contributed by atoms with Crippen molar-refractivity contribution in [2.45, 2.75) is 104 Å². The topological polar surface area (TPSA) is 47.9 Å². The second-order valence-corrected chi connectivity index (χ2v) is 8.65. The molecule has 0 saturated heterocycles. The van der Waals surface area contributed by atoms with Crippen molar-refractivity contribution >= 4 is 11.9 Å². The summed E-state index contributed by atoms with van der Waals surface area (Å²) in [7, 11) is 1.39. The van der Waals surface area contributed by atoms with Gasteiger partial charge in [0.2, 0.25) is 0 Å². The molecule has 1 heterocycles. The van der Waals surface area contributed by atoms with Crippen molar-refractivity contribution in [3.63, 3.8) is 0 Å². The fraction of sp³-hybridized carbons (Fsp3) is 0.760. The van der Waals surface area contributed by atoms with Gasteiger partial charge in [0.1, 0.15) is 6.61 Å². The smallest absolute Gasteiger partial charge is 0.334 e. The van der Waals surface area contributed by atoms with Crippen molar-refractivity contribution in [2.75, 3.05) is 13.7 Å². The number of hydrogen-bond acceptors (Lipinski definition) is 4. The van der Waals surface area contributed by atoms with E-state index < -0.39 is 6.04 Å². The third-order valence-electron chi connectivity index (χ3n) is 5.46. The first kappa shape index (κ1) is 25.5. The molecule has 0 saturated carbocycles. The van der Waals surface area contributed by atoms with Crippen LogP contribution in [0.1, 0.15) is 97.8 Å². The molecular formula is C25H43NO3. The fourth-order valence-corrected chi connectivity index (χ4v) is 3.49. The van der Waals surface area contributed by atoms with Crippen LogP contribution in [0.15, 0.2) is 29.3 Å². The Labute approximate surface area is 178 Å². The Morgan fingerprint density at radius 1 is 1.03 bits per heavy atom. The maximum atomic E-state index is 11.6. The predicted octanol–water partition coefficient (Wildman–Crippen LogP) is 6.80. The highest BCUT2D eigenvalue weighted by Crippen LogP contribution is 2.29. The average Bonchev–Trinajstić information content (AvgIpc) is 3.21. The van der Waals surface area contributed by atoms with E-state index >= 15 is 0 Å². The number of hydrogen-bond donors (Lipinski definition) is 0. The van der Waals surface area contributed by atoms with Crippen molar-refractivity contribution in [1.82, 2.24) is 0 Å². The number of ether oxygens (including phenoxy) is 2. The van der Waals surface area contributed by atoms with Gasteiger partial charge in [-0.3, -0.25) is 0 Å². The summed E-state index contributed by atoms with van der Waals surface area (Å²) in [6.45, 7) is 6.85. The van der Waals surface area contributed by atoms with Crippen molar-refractivity contribution < 1.29 is 14.3 Å². The lowest BCUT2D eigenvalue weighted by Crippen LogP contribution is -2.24. The Morgan fingerprint density at radius 2 is 1.66 bits per heavy atom. The van der Waals surface area contributed by atoms with Crippen LogP contribution in [0.4, 0.5) is 0 Å². The maximum Gasteiger partial charge on any atom is 0.334 e.